The second-order valence-electron chi connectivity index (χ2n) is 4.43. The second kappa shape index (κ2) is 9.64. The summed E-state index contributed by atoms with van der Waals surface area (Å²) in [6.45, 7) is 5.29. The molecule has 4 nitrogen and oxygen atoms in total. The zero-order valence-electron chi connectivity index (χ0n) is 11.5. The third kappa shape index (κ3) is 7.03. The van der Waals surface area contributed by atoms with E-state index in [1.165, 1.54) is 5.56 Å². The van der Waals surface area contributed by atoms with Crippen molar-refractivity contribution >= 4 is 18.3 Å². The number of aryl methyl sites for hydroxylation is 1. The number of carbonyl (C=O) groups is 1. The molecule has 1 atom stereocenters. The lowest BCUT2D eigenvalue weighted by molar-refractivity contribution is -0.123. The van der Waals surface area contributed by atoms with Gasteiger partial charge < -0.3 is 15.8 Å². The van der Waals surface area contributed by atoms with Crippen LogP contribution in [0.25, 0.3) is 0 Å². The highest BCUT2D eigenvalue weighted by Gasteiger charge is 2.05. The Morgan fingerprint density at radius 3 is 2.53 bits per heavy atom. The number of benzene rings is 1. The number of carbonyl (C=O) groups excluding carboxylic acids is 1. The van der Waals surface area contributed by atoms with Gasteiger partial charge in [-0.15, -0.1) is 12.4 Å². The number of amides is 1. The quantitative estimate of drug-likeness (QED) is 0.803. The van der Waals surface area contributed by atoms with Gasteiger partial charge in [0.2, 0.25) is 0 Å². The lowest BCUT2D eigenvalue weighted by Gasteiger charge is -2.11. The first-order chi connectivity index (χ1) is 8.65. The molecule has 19 heavy (non-hydrogen) atoms. The van der Waals surface area contributed by atoms with Crippen molar-refractivity contribution in [3.8, 4) is 5.75 Å². The SMILES string of the molecule is CCc1ccc(OCC(=O)NCC(C)CN)cc1.Cl. The van der Waals surface area contributed by atoms with Gasteiger partial charge in [-0.3, -0.25) is 4.79 Å². The largest absolute Gasteiger partial charge is 0.484 e. The molecule has 0 heterocycles. The fourth-order valence-electron chi connectivity index (χ4n) is 1.39. The van der Waals surface area contributed by atoms with Crippen LogP contribution >= 0.6 is 12.4 Å². The van der Waals surface area contributed by atoms with Gasteiger partial charge in [0.15, 0.2) is 6.61 Å². The van der Waals surface area contributed by atoms with E-state index in [0.29, 0.717) is 18.8 Å². The number of rotatable bonds is 7. The number of nitrogens with one attached hydrogen (secondary N) is 1. The molecule has 0 aliphatic heterocycles. The standard InChI is InChI=1S/C14H22N2O2.ClH/c1-3-12-4-6-13(7-5-12)18-10-14(17)16-9-11(2)8-15;/h4-7,11H,3,8-10,15H2,1-2H3,(H,16,17);1H. The molecule has 0 saturated carbocycles. The van der Waals surface area contributed by atoms with E-state index in [0.717, 1.165) is 6.42 Å². The Kier molecular flexibility index (Phi) is 9.00. The van der Waals surface area contributed by atoms with Crippen molar-refractivity contribution in [2.24, 2.45) is 11.7 Å². The summed E-state index contributed by atoms with van der Waals surface area (Å²) in [6, 6.07) is 7.77. The van der Waals surface area contributed by atoms with Crippen molar-refractivity contribution in [1.29, 1.82) is 0 Å². The fourth-order valence-corrected chi connectivity index (χ4v) is 1.39. The predicted octanol–water partition coefficient (Wildman–Crippen LogP) is 1.76. The maximum absolute atomic E-state index is 11.5. The predicted molar refractivity (Wildman–Crippen MR) is 79.8 cm³/mol. The van der Waals surface area contributed by atoms with Gasteiger partial charge in [0.25, 0.3) is 5.91 Å². The van der Waals surface area contributed by atoms with Crippen molar-refractivity contribution in [2.75, 3.05) is 19.7 Å². The molecule has 0 fully saturated rings. The Balaban J connectivity index is 0.00000324. The number of nitrogens with two attached hydrogens (primary N) is 1. The fraction of sp³-hybridized carbons (Fsp3) is 0.500. The van der Waals surface area contributed by atoms with E-state index in [-0.39, 0.29) is 30.8 Å². The zero-order chi connectivity index (χ0) is 13.4. The average molecular weight is 287 g/mol. The van der Waals surface area contributed by atoms with E-state index < -0.39 is 0 Å². The molecule has 1 aromatic rings. The third-order valence-corrected chi connectivity index (χ3v) is 2.75. The summed E-state index contributed by atoms with van der Waals surface area (Å²) in [5.74, 6) is 0.891. The second-order valence-corrected chi connectivity index (χ2v) is 4.43. The highest BCUT2D eigenvalue weighted by Crippen LogP contribution is 2.12. The van der Waals surface area contributed by atoms with Crippen LogP contribution in [0, 0.1) is 5.92 Å². The summed E-state index contributed by atoms with van der Waals surface area (Å²) in [5, 5.41) is 2.78. The Bertz CT molecular complexity index is 368. The lowest BCUT2D eigenvalue weighted by Crippen LogP contribution is -2.34. The first-order valence-corrected chi connectivity index (χ1v) is 6.34. The average Bonchev–Trinajstić information content (AvgIpc) is 2.42. The molecule has 0 radical (unpaired) electrons. The van der Waals surface area contributed by atoms with Gasteiger partial charge in [0.1, 0.15) is 5.75 Å². The Morgan fingerprint density at radius 2 is 2.00 bits per heavy atom. The summed E-state index contributed by atoms with van der Waals surface area (Å²) in [4.78, 5) is 11.5. The molecule has 0 aliphatic rings. The lowest BCUT2D eigenvalue weighted by atomic mass is 10.2. The molecule has 0 saturated heterocycles. The molecule has 0 aromatic heterocycles. The van der Waals surface area contributed by atoms with Crippen LogP contribution in [0.4, 0.5) is 0 Å². The zero-order valence-corrected chi connectivity index (χ0v) is 12.3. The van der Waals surface area contributed by atoms with Crippen molar-refractivity contribution in [2.45, 2.75) is 20.3 Å². The first kappa shape index (κ1) is 17.7. The minimum Gasteiger partial charge on any atom is -0.484 e. The van der Waals surface area contributed by atoms with E-state index in [9.17, 15) is 4.79 Å². The summed E-state index contributed by atoms with van der Waals surface area (Å²) in [6.07, 6.45) is 0.998. The van der Waals surface area contributed by atoms with Gasteiger partial charge in [0, 0.05) is 6.54 Å². The minimum absolute atomic E-state index is 0. The topological polar surface area (TPSA) is 64.3 Å². The van der Waals surface area contributed by atoms with Gasteiger partial charge in [-0.25, -0.2) is 0 Å². The maximum atomic E-state index is 11.5. The minimum atomic E-state index is -0.116. The number of ether oxygens (including phenoxy) is 1. The molecule has 0 aliphatic carbocycles. The number of halogens is 1. The van der Waals surface area contributed by atoms with Crippen LogP contribution in [0.5, 0.6) is 5.75 Å². The van der Waals surface area contributed by atoms with Gasteiger partial charge >= 0.3 is 0 Å². The van der Waals surface area contributed by atoms with E-state index in [1.54, 1.807) is 0 Å². The van der Waals surface area contributed by atoms with Crippen molar-refractivity contribution < 1.29 is 9.53 Å². The van der Waals surface area contributed by atoms with Gasteiger partial charge in [-0.2, -0.15) is 0 Å². The number of hydrogen-bond donors (Lipinski definition) is 2. The van der Waals surface area contributed by atoms with Crippen molar-refractivity contribution in [3.63, 3.8) is 0 Å². The van der Waals surface area contributed by atoms with Gasteiger partial charge in [-0.05, 0) is 36.6 Å². The van der Waals surface area contributed by atoms with Crippen LogP contribution in [0.1, 0.15) is 19.4 Å². The van der Waals surface area contributed by atoms with Crippen molar-refractivity contribution in [1.82, 2.24) is 5.32 Å². The molecule has 1 rings (SSSR count). The smallest absolute Gasteiger partial charge is 0.257 e. The highest BCUT2D eigenvalue weighted by atomic mass is 35.5. The van der Waals surface area contributed by atoms with Crippen LogP contribution in [0.3, 0.4) is 0 Å². The molecular formula is C14H23ClN2O2. The van der Waals surface area contributed by atoms with Gasteiger partial charge in [0.05, 0.1) is 0 Å². The summed E-state index contributed by atoms with van der Waals surface area (Å²) in [5.41, 5.74) is 6.72. The van der Waals surface area contributed by atoms with Crippen LogP contribution < -0.4 is 15.8 Å². The Hall–Kier alpha value is -1.26. The molecule has 3 N–H and O–H groups in total. The Labute approximate surface area is 121 Å². The molecule has 1 amide bonds. The van der Waals surface area contributed by atoms with E-state index in [2.05, 4.69) is 12.2 Å². The molecule has 5 heteroatoms. The monoisotopic (exact) mass is 286 g/mol. The highest BCUT2D eigenvalue weighted by molar-refractivity contribution is 5.85. The maximum Gasteiger partial charge on any atom is 0.257 e. The molecule has 1 aromatic carbocycles. The molecule has 108 valence electrons. The third-order valence-electron chi connectivity index (χ3n) is 2.75. The number of hydrogen-bond acceptors (Lipinski definition) is 3. The van der Waals surface area contributed by atoms with Gasteiger partial charge in [-0.1, -0.05) is 26.0 Å². The van der Waals surface area contributed by atoms with E-state index in [4.69, 9.17) is 10.5 Å². The van der Waals surface area contributed by atoms with E-state index >= 15 is 0 Å². The van der Waals surface area contributed by atoms with E-state index in [1.807, 2.05) is 31.2 Å². The van der Waals surface area contributed by atoms with Crippen LogP contribution in [0.15, 0.2) is 24.3 Å². The normalized spacial score (nSPS) is 11.3. The van der Waals surface area contributed by atoms with Crippen molar-refractivity contribution in [3.05, 3.63) is 29.8 Å². The van der Waals surface area contributed by atoms with Crippen LogP contribution in [-0.2, 0) is 11.2 Å². The van der Waals surface area contributed by atoms with Crippen LogP contribution in [-0.4, -0.2) is 25.6 Å². The molecule has 1 unspecified atom stereocenters. The summed E-state index contributed by atoms with van der Waals surface area (Å²) < 4.78 is 5.39. The Morgan fingerprint density at radius 1 is 1.37 bits per heavy atom. The summed E-state index contributed by atoms with van der Waals surface area (Å²) >= 11 is 0. The van der Waals surface area contributed by atoms with Crippen LogP contribution in [0.2, 0.25) is 0 Å². The summed E-state index contributed by atoms with van der Waals surface area (Å²) in [7, 11) is 0. The molecule has 0 spiro atoms. The molecular weight excluding hydrogens is 264 g/mol. The first-order valence-electron chi connectivity index (χ1n) is 6.34. The molecule has 0 bridgehead atoms.